The van der Waals surface area contributed by atoms with Gasteiger partial charge < -0.3 is 10.3 Å². The number of benzene rings is 4. The van der Waals surface area contributed by atoms with Gasteiger partial charge in [-0.1, -0.05) is 78.9 Å². The van der Waals surface area contributed by atoms with Crippen LogP contribution in [0.1, 0.15) is 17.2 Å². The standard InChI is InChI=1S/C26H20N2/c1-2-6-18(7-3-1)24-15-20-13-11-17-10-12-19(14-23(17)26(20)28-24)25-22-9-5-4-8-21(22)16-27-25/h1-14,16,24,27-28H,15H2. The summed E-state index contributed by atoms with van der Waals surface area (Å²) in [6.07, 6.45) is 3.12. The molecule has 0 bridgehead atoms. The second-order valence-corrected chi connectivity index (χ2v) is 7.60. The first-order valence-electron chi connectivity index (χ1n) is 9.80. The minimum Gasteiger partial charge on any atom is -0.377 e. The number of H-pyrrole nitrogens is 1. The van der Waals surface area contributed by atoms with Gasteiger partial charge in [-0.15, -0.1) is 0 Å². The molecule has 0 radical (unpaired) electrons. The predicted octanol–water partition coefficient (Wildman–Crippen LogP) is 6.70. The number of aromatic nitrogens is 1. The van der Waals surface area contributed by atoms with Gasteiger partial charge in [0, 0.05) is 22.7 Å². The Balaban J connectivity index is 1.48. The highest BCUT2D eigenvalue weighted by Crippen LogP contribution is 2.40. The summed E-state index contributed by atoms with van der Waals surface area (Å²) < 4.78 is 0. The van der Waals surface area contributed by atoms with E-state index in [2.05, 4.69) is 101 Å². The van der Waals surface area contributed by atoms with Crippen LogP contribution < -0.4 is 5.32 Å². The molecule has 0 aliphatic carbocycles. The highest BCUT2D eigenvalue weighted by molar-refractivity contribution is 6.02. The maximum atomic E-state index is 3.79. The molecule has 2 heterocycles. The van der Waals surface area contributed by atoms with E-state index in [4.69, 9.17) is 0 Å². The van der Waals surface area contributed by atoms with Crippen molar-refractivity contribution in [3.8, 4) is 11.3 Å². The lowest BCUT2D eigenvalue weighted by Crippen LogP contribution is -2.05. The summed E-state index contributed by atoms with van der Waals surface area (Å²) in [6.45, 7) is 0. The van der Waals surface area contributed by atoms with Gasteiger partial charge in [0.2, 0.25) is 0 Å². The lowest BCUT2D eigenvalue weighted by Gasteiger charge is -2.12. The molecular weight excluding hydrogens is 340 g/mol. The molecule has 0 amide bonds. The summed E-state index contributed by atoms with van der Waals surface area (Å²) in [5.74, 6) is 0. The molecule has 0 saturated heterocycles. The van der Waals surface area contributed by atoms with E-state index in [0.29, 0.717) is 6.04 Å². The molecule has 1 atom stereocenters. The number of anilines is 1. The van der Waals surface area contributed by atoms with Gasteiger partial charge in [0.1, 0.15) is 0 Å². The zero-order chi connectivity index (χ0) is 18.5. The largest absolute Gasteiger partial charge is 0.377 e. The van der Waals surface area contributed by atoms with Crippen molar-refractivity contribution in [1.82, 2.24) is 4.98 Å². The summed E-state index contributed by atoms with van der Waals surface area (Å²) in [7, 11) is 0. The number of fused-ring (bicyclic) bond motifs is 4. The molecule has 2 heteroatoms. The summed E-state index contributed by atoms with van der Waals surface area (Å²) in [5.41, 5.74) is 6.44. The monoisotopic (exact) mass is 360 g/mol. The molecular formula is C26H20N2. The van der Waals surface area contributed by atoms with Crippen LogP contribution in [0.4, 0.5) is 5.69 Å². The van der Waals surface area contributed by atoms with Crippen molar-refractivity contribution < 1.29 is 0 Å². The predicted molar refractivity (Wildman–Crippen MR) is 118 cm³/mol. The second kappa shape index (κ2) is 6.00. The molecule has 1 aliphatic heterocycles. The van der Waals surface area contributed by atoms with Gasteiger partial charge in [-0.25, -0.2) is 0 Å². The van der Waals surface area contributed by atoms with Gasteiger partial charge in [0.15, 0.2) is 0 Å². The summed E-state index contributed by atoms with van der Waals surface area (Å²) >= 11 is 0. The molecule has 134 valence electrons. The molecule has 0 spiro atoms. The lowest BCUT2D eigenvalue weighted by atomic mass is 9.98. The number of hydrogen-bond donors (Lipinski definition) is 2. The van der Waals surface area contributed by atoms with E-state index in [1.165, 1.54) is 49.6 Å². The quantitative estimate of drug-likeness (QED) is 0.360. The number of nitrogens with one attached hydrogen (secondary N) is 2. The zero-order valence-corrected chi connectivity index (χ0v) is 15.4. The van der Waals surface area contributed by atoms with Gasteiger partial charge in [-0.3, -0.25) is 0 Å². The molecule has 1 aromatic heterocycles. The van der Waals surface area contributed by atoms with E-state index in [9.17, 15) is 0 Å². The topological polar surface area (TPSA) is 27.8 Å². The van der Waals surface area contributed by atoms with Crippen LogP contribution in [-0.4, -0.2) is 4.98 Å². The zero-order valence-electron chi connectivity index (χ0n) is 15.4. The average molecular weight is 360 g/mol. The van der Waals surface area contributed by atoms with Gasteiger partial charge in [-0.2, -0.15) is 0 Å². The first kappa shape index (κ1) is 15.5. The molecule has 1 unspecified atom stereocenters. The Morgan fingerprint density at radius 1 is 0.714 bits per heavy atom. The minimum atomic E-state index is 0.344. The Labute approximate surface area is 163 Å². The molecule has 2 nitrogen and oxygen atoms in total. The summed E-state index contributed by atoms with van der Waals surface area (Å²) in [5, 5.41) is 8.89. The minimum absolute atomic E-state index is 0.344. The highest BCUT2D eigenvalue weighted by atomic mass is 15.0. The molecule has 0 fully saturated rings. The third-order valence-electron chi connectivity index (χ3n) is 5.94. The number of aromatic amines is 1. The van der Waals surface area contributed by atoms with Crippen LogP contribution in [0.5, 0.6) is 0 Å². The van der Waals surface area contributed by atoms with Crippen molar-refractivity contribution in [3.05, 3.63) is 102 Å². The van der Waals surface area contributed by atoms with Crippen LogP contribution in [0, 0.1) is 0 Å². The van der Waals surface area contributed by atoms with E-state index < -0.39 is 0 Å². The Morgan fingerprint density at radius 3 is 2.46 bits per heavy atom. The van der Waals surface area contributed by atoms with E-state index in [1.807, 2.05) is 0 Å². The molecule has 4 aromatic carbocycles. The molecule has 2 N–H and O–H groups in total. The maximum absolute atomic E-state index is 3.79. The van der Waals surface area contributed by atoms with Crippen molar-refractivity contribution in [1.29, 1.82) is 0 Å². The Bertz CT molecular complexity index is 1310. The summed E-state index contributed by atoms with van der Waals surface area (Å²) in [6, 6.07) is 30.9. The Morgan fingerprint density at radius 2 is 1.54 bits per heavy atom. The van der Waals surface area contributed by atoms with Crippen LogP contribution >= 0.6 is 0 Å². The van der Waals surface area contributed by atoms with Gasteiger partial charge in [0.25, 0.3) is 0 Å². The van der Waals surface area contributed by atoms with Crippen LogP contribution in [0.3, 0.4) is 0 Å². The third-order valence-corrected chi connectivity index (χ3v) is 5.94. The van der Waals surface area contributed by atoms with Crippen molar-refractivity contribution in [3.63, 3.8) is 0 Å². The smallest absolute Gasteiger partial charge is 0.0555 e. The fourth-order valence-corrected chi connectivity index (χ4v) is 4.51. The van der Waals surface area contributed by atoms with Crippen molar-refractivity contribution in [2.24, 2.45) is 0 Å². The van der Waals surface area contributed by atoms with Crippen LogP contribution in [0.25, 0.3) is 32.8 Å². The molecule has 6 rings (SSSR count). The van der Waals surface area contributed by atoms with Crippen LogP contribution in [-0.2, 0) is 6.42 Å². The van der Waals surface area contributed by atoms with Crippen molar-refractivity contribution in [2.45, 2.75) is 12.5 Å². The lowest BCUT2D eigenvalue weighted by molar-refractivity contribution is 0.824. The first-order valence-corrected chi connectivity index (χ1v) is 9.80. The van der Waals surface area contributed by atoms with E-state index in [-0.39, 0.29) is 0 Å². The fourth-order valence-electron chi connectivity index (χ4n) is 4.51. The molecule has 0 saturated carbocycles. The van der Waals surface area contributed by atoms with Gasteiger partial charge >= 0.3 is 0 Å². The number of hydrogen-bond acceptors (Lipinski definition) is 1. The first-order chi connectivity index (χ1) is 13.9. The third kappa shape index (κ3) is 2.35. The molecule has 5 aromatic rings. The highest BCUT2D eigenvalue weighted by Gasteiger charge is 2.23. The second-order valence-electron chi connectivity index (χ2n) is 7.60. The van der Waals surface area contributed by atoms with Gasteiger partial charge in [0.05, 0.1) is 11.7 Å². The van der Waals surface area contributed by atoms with Crippen molar-refractivity contribution >= 4 is 27.2 Å². The van der Waals surface area contributed by atoms with E-state index >= 15 is 0 Å². The number of rotatable bonds is 2. The summed E-state index contributed by atoms with van der Waals surface area (Å²) in [4.78, 5) is 3.48. The fraction of sp³-hybridized carbons (Fsp3) is 0.0769. The molecule has 28 heavy (non-hydrogen) atoms. The van der Waals surface area contributed by atoms with Gasteiger partial charge in [-0.05, 0) is 39.9 Å². The van der Waals surface area contributed by atoms with E-state index in [1.54, 1.807) is 0 Å². The van der Waals surface area contributed by atoms with Crippen LogP contribution in [0.2, 0.25) is 0 Å². The Hall–Kier alpha value is -3.52. The Kier molecular flexibility index (Phi) is 3.33. The maximum Gasteiger partial charge on any atom is 0.0555 e. The van der Waals surface area contributed by atoms with E-state index in [0.717, 1.165) is 6.42 Å². The normalized spacial score (nSPS) is 15.6. The average Bonchev–Trinajstić information content (AvgIpc) is 3.39. The van der Waals surface area contributed by atoms with Crippen molar-refractivity contribution in [2.75, 3.05) is 5.32 Å². The SMILES string of the molecule is c1ccc(C2Cc3ccc4ccc(-c5[nH]cc6ccccc56)cc4c3N2)cc1. The van der Waals surface area contributed by atoms with Crippen LogP contribution in [0.15, 0.2) is 91.1 Å². The molecule has 1 aliphatic rings.